The molecule has 0 rings (SSSR count). The van der Waals surface area contributed by atoms with Gasteiger partial charge < -0.3 is 0 Å². The fraction of sp³-hybridized carbons (Fsp3) is 0.900. The first-order chi connectivity index (χ1) is 14.9. The average Bonchev–Trinajstić information content (AvgIpc) is 2.76. The lowest BCUT2D eigenvalue weighted by Crippen LogP contribution is -1.84. The summed E-state index contributed by atoms with van der Waals surface area (Å²) < 4.78 is 0. The van der Waals surface area contributed by atoms with Crippen molar-refractivity contribution in [3.05, 3.63) is 19.1 Å². The third-order valence-corrected chi connectivity index (χ3v) is 6.64. The highest BCUT2D eigenvalue weighted by Crippen LogP contribution is 2.15. The summed E-state index contributed by atoms with van der Waals surface area (Å²) in [7, 11) is 0. The van der Waals surface area contributed by atoms with Crippen LogP contribution in [-0.4, -0.2) is 0 Å². The normalized spacial score (nSPS) is 11.7. The van der Waals surface area contributed by atoms with Crippen LogP contribution in [0.3, 0.4) is 0 Å². The predicted octanol–water partition coefficient (Wildman–Crippen LogP) is 11.5. The Balaban J connectivity index is 2.99. The van der Waals surface area contributed by atoms with Crippen LogP contribution < -0.4 is 0 Å². The molecule has 0 aromatic heterocycles. The summed E-state index contributed by atoms with van der Waals surface area (Å²) in [6, 6.07) is 0. The maximum Gasteiger partial charge on any atom is -0.0316 e. The van der Waals surface area contributed by atoms with Crippen LogP contribution in [-0.2, 0) is 0 Å². The van der Waals surface area contributed by atoms with Gasteiger partial charge in [-0.3, -0.25) is 0 Å². The van der Waals surface area contributed by atoms with Crippen molar-refractivity contribution in [2.24, 2.45) is 0 Å². The Morgan fingerprint density at radius 3 is 0.833 bits per heavy atom. The SMILES string of the molecule is [CH2]/C=C/CCCCCCCCCCCCCCCCCCCCCCCCCCC. The Morgan fingerprint density at radius 2 is 0.600 bits per heavy atom. The first-order valence-corrected chi connectivity index (χ1v) is 14.4. The van der Waals surface area contributed by atoms with Crippen LogP contribution in [0, 0.1) is 6.92 Å². The third-order valence-electron chi connectivity index (χ3n) is 6.64. The van der Waals surface area contributed by atoms with Gasteiger partial charge in [0.25, 0.3) is 0 Å². The Bertz CT molecular complexity index is 303. The summed E-state index contributed by atoms with van der Waals surface area (Å²) in [5.41, 5.74) is 0. The van der Waals surface area contributed by atoms with E-state index in [1.165, 1.54) is 167 Å². The van der Waals surface area contributed by atoms with Gasteiger partial charge in [0.1, 0.15) is 0 Å². The molecule has 0 aliphatic heterocycles. The van der Waals surface area contributed by atoms with E-state index in [1.807, 2.05) is 6.08 Å². The lowest BCUT2D eigenvalue weighted by molar-refractivity contribution is 0.516. The maximum atomic E-state index is 3.74. The van der Waals surface area contributed by atoms with Crippen LogP contribution in [0.4, 0.5) is 0 Å². The Labute approximate surface area is 193 Å². The van der Waals surface area contributed by atoms with Crippen LogP contribution in [0.25, 0.3) is 0 Å². The topological polar surface area (TPSA) is 0 Å². The van der Waals surface area contributed by atoms with E-state index in [0.29, 0.717) is 0 Å². The van der Waals surface area contributed by atoms with Gasteiger partial charge in [-0.25, -0.2) is 0 Å². The summed E-state index contributed by atoms with van der Waals surface area (Å²) >= 11 is 0. The van der Waals surface area contributed by atoms with E-state index >= 15 is 0 Å². The molecule has 0 saturated carbocycles. The van der Waals surface area contributed by atoms with Gasteiger partial charge in [0.2, 0.25) is 0 Å². The standard InChI is InChI=1S/C30H59/c1-3-5-7-9-11-13-15-17-19-21-23-25-27-29-30-28-26-24-22-20-18-16-14-12-10-8-6-4-2/h3,5H,1,4,6-30H2,2H3/b5-3+. The van der Waals surface area contributed by atoms with E-state index in [-0.39, 0.29) is 0 Å². The van der Waals surface area contributed by atoms with Gasteiger partial charge >= 0.3 is 0 Å². The third kappa shape index (κ3) is 27.7. The molecule has 0 fully saturated rings. The molecule has 0 amide bonds. The summed E-state index contributed by atoms with van der Waals surface area (Å²) in [5, 5.41) is 0. The van der Waals surface area contributed by atoms with Crippen LogP contribution in [0.2, 0.25) is 0 Å². The summed E-state index contributed by atoms with van der Waals surface area (Å²) in [4.78, 5) is 0. The maximum absolute atomic E-state index is 3.74. The smallest absolute Gasteiger partial charge is 0.0316 e. The first kappa shape index (κ1) is 29.7. The predicted molar refractivity (Wildman–Crippen MR) is 140 cm³/mol. The van der Waals surface area contributed by atoms with Crippen molar-refractivity contribution >= 4 is 0 Å². The lowest BCUT2D eigenvalue weighted by atomic mass is 10.0. The molecule has 0 unspecified atom stereocenters. The molecule has 0 aliphatic rings. The van der Waals surface area contributed by atoms with Gasteiger partial charge in [-0.15, -0.1) is 0 Å². The molecular formula is C30H59. The lowest BCUT2D eigenvalue weighted by Gasteiger charge is -2.04. The monoisotopic (exact) mass is 419 g/mol. The number of allylic oxidation sites excluding steroid dienone is 2. The molecule has 0 aliphatic carbocycles. The van der Waals surface area contributed by atoms with Gasteiger partial charge in [-0.1, -0.05) is 173 Å². The molecule has 179 valence electrons. The van der Waals surface area contributed by atoms with E-state index in [4.69, 9.17) is 0 Å². The molecule has 0 nitrogen and oxygen atoms in total. The minimum Gasteiger partial charge on any atom is -0.0885 e. The molecule has 0 heterocycles. The van der Waals surface area contributed by atoms with E-state index < -0.39 is 0 Å². The molecule has 0 N–H and O–H groups in total. The molecule has 0 bridgehead atoms. The summed E-state index contributed by atoms with van der Waals surface area (Å²) in [6.07, 6.45) is 42.0. The van der Waals surface area contributed by atoms with Gasteiger partial charge in [0.15, 0.2) is 0 Å². The fourth-order valence-corrected chi connectivity index (χ4v) is 4.52. The molecule has 0 spiro atoms. The highest BCUT2D eigenvalue weighted by molar-refractivity contribution is 4.83. The number of rotatable bonds is 26. The quantitative estimate of drug-likeness (QED) is 0.122. The zero-order valence-electron chi connectivity index (χ0n) is 21.2. The summed E-state index contributed by atoms with van der Waals surface area (Å²) in [6.45, 7) is 6.04. The van der Waals surface area contributed by atoms with Gasteiger partial charge in [0, 0.05) is 0 Å². The second kappa shape index (κ2) is 28.7. The van der Waals surface area contributed by atoms with Crippen LogP contribution >= 0.6 is 0 Å². The van der Waals surface area contributed by atoms with Gasteiger partial charge in [-0.2, -0.15) is 0 Å². The highest BCUT2D eigenvalue weighted by atomic mass is 14.0. The van der Waals surface area contributed by atoms with Crippen molar-refractivity contribution in [2.75, 3.05) is 0 Å². The number of hydrogen-bond acceptors (Lipinski definition) is 0. The minimum absolute atomic E-state index is 1.23. The number of unbranched alkanes of at least 4 members (excludes halogenated alkanes) is 25. The Hall–Kier alpha value is -0.260. The van der Waals surface area contributed by atoms with Crippen LogP contribution in [0.15, 0.2) is 12.2 Å². The van der Waals surface area contributed by atoms with Crippen molar-refractivity contribution < 1.29 is 0 Å². The van der Waals surface area contributed by atoms with Crippen molar-refractivity contribution in [1.29, 1.82) is 0 Å². The fourth-order valence-electron chi connectivity index (χ4n) is 4.52. The minimum atomic E-state index is 1.23. The van der Waals surface area contributed by atoms with E-state index in [9.17, 15) is 0 Å². The summed E-state index contributed by atoms with van der Waals surface area (Å²) in [5.74, 6) is 0. The molecule has 0 aromatic rings. The number of hydrogen-bond donors (Lipinski definition) is 0. The van der Waals surface area contributed by atoms with E-state index in [2.05, 4.69) is 19.9 Å². The Kier molecular flexibility index (Phi) is 28.5. The zero-order valence-corrected chi connectivity index (χ0v) is 21.2. The average molecular weight is 420 g/mol. The van der Waals surface area contributed by atoms with Crippen LogP contribution in [0.5, 0.6) is 0 Å². The van der Waals surface area contributed by atoms with Crippen molar-refractivity contribution in [2.45, 2.75) is 174 Å². The molecule has 0 heteroatoms. The largest absolute Gasteiger partial charge is 0.0885 e. The Morgan fingerprint density at radius 1 is 0.367 bits per heavy atom. The molecule has 1 radical (unpaired) electrons. The van der Waals surface area contributed by atoms with Gasteiger partial charge in [0.05, 0.1) is 0 Å². The van der Waals surface area contributed by atoms with Crippen molar-refractivity contribution in [3.63, 3.8) is 0 Å². The molecular weight excluding hydrogens is 360 g/mol. The highest BCUT2D eigenvalue weighted by Gasteiger charge is 1.96. The second-order valence-corrected chi connectivity index (χ2v) is 9.75. The molecule has 30 heavy (non-hydrogen) atoms. The van der Waals surface area contributed by atoms with Crippen LogP contribution in [0.1, 0.15) is 174 Å². The molecule has 0 saturated heterocycles. The zero-order chi connectivity index (χ0) is 21.8. The van der Waals surface area contributed by atoms with E-state index in [1.54, 1.807) is 0 Å². The first-order valence-electron chi connectivity index (χ1n) is 14.4. The van der Waals surface area contributed by atoms with E-state index in [0.717, 1.165) is 0 Å². The molecule has 0 aromatic carbocycles. The molecule has 0 atom stereocenters. The van der Waals surface area contributed by atoms with Gasteiger partial charge in [-0.05, 0) is 19.8 Å². The van der Waals surface area contributed by atoms with Crippen molar-refractivity contribution in [3.8, 4) is 0 Å². The van der Waals surface area contributed by atoms with Crippen molar-refractivity contribution in [1.82, 2.24) is 0 Å². The second-order valence-electron chi connectivity index (χ2n) is 9.75.